The van der Waals surface area contributed by atoms with E-state index in [1.54, 1.807) is 4.90 Å². The minimum atomic E-state index is -0.800. The van der Waals surface area contributed by atoms with Crippen molar-refractivity contribution in [1.82, 2.24) is 10.2 Å². The normalized spacial score (nSPS) is 29.7. The highest BCUT2D eigenvalue weighted by atomic mass is 16.5. The molecule has 2 unspecified atom stereocenters. The fraction of sp³-hybridized carbons (Fsp3) is 0.875. The fourth-order valence-corrected chi connectivity index (χ4v) is 3.09. The summed E-state index contributed by atoms with van der Waals surface area (Å²) in [6.45, 7) is 9.04. The maximum Gasteiger partial charge on any atom is 0.246 e. The van der Waals surface area contributed by atoms with Crippen LogP contribution in [0.25, 0.3) is 0 Å². The molecule has 2 fully saturated rings. The lowest BCUT2D eigenvalue weighted by atomic mass is 9.91. The van der Waals surface area contributed by atoms with Crippen molar-refractivity contribution in [3.05, 3.63) is 0 Å². The lowest BCUT2D eigenvalue weighted by Gasteiger charge is -2.46. The van der Waals surface area contributed by atoms with E-state index in [9.17, 15) is 9.59 Å². The van der Waals surface area contributed by atoms with Crippen LogP contribution in [0.15, 0.2) is 0 Å². The van der Waals surface area contributed by atoms with Crippen molar-refractivity contribution in [3.63, 3.8) is 0 Å². The summed E-state index contributed by atoms with van der Waals surface area (Å²) in [5.74, 6) is 0.333. The van der Waals surface area contributed by atoms with Gasteiger partial charge in [0.05, 0.1) is 6.10 Å². The molecule has 2 amide bonds. The number of hydrogen-bond acceptors (Lipinski definition) is 3. The first-order valence-corrected chi connectivity index (χ1v) is 8.06. The van der Waals surface area contributed by atoms with E-state index < -0.39 is 11.6 Å². The third-order valence-corrected chi connectivity index (χ3v) is 4.47. The maximum absolute atomic E-state index is 12.8. The first-order valence-electron chi connectivity index (χ1n) is 8.06. The van der Waals surface area contributed by atoms with Gasteiger partial charge in [-0.1, -0.05) is 13.8 Å². The van der Waals surface area contributed by atoms with Gasteiger partial charge in [-0.25, -0.2) is 0 Å². The van der Waals surface area contributed by atoms with Gasteiger partial charge < -0.3 is 15.0 Å². The molecule has 0 spiro atoms. The number of carbonyl (C=O) groups is 2. The molecule has 0 saturated carbocycles. The molecule has 0 aliphatic carbocycles. The summed E-state index contributed by atoms with van der Waals surface area (Å²) < 4.78 is 5.75. The van der Waals surface area contributed by atoms with Crippen LogP contribution in [-0.2, 0) is 14.3 Å². The van der Waals surface area contributed by atoms with Crippen LogP contribution in [0, 0.1) is 5.92 Å². The Morgan fingerprint density at radius 2 is 2.05 bits per heavy atom. The third-order valence-electron chi connectivity index (χ3n) is 4.47. The predicted octanol–water partition coefficient (Wildman–Crippen LogP) is 1.71. The molecule has 2 saturated heterocycles. The second-order valence-corrected chi connectivity index (χ2v) is 7.15. The molecule has 2 rings (SSSR count). The fourth-order valence-electron chi connectivity index (χ4n) is 3.09. The van der Waals surface area contributed by atoms with Crippen LogP contribution in [0.1, 0.15) is 53.4 Å². The monoisotopic (exact) mass is 296 g/mol. The third kappa shape index (κ3) is 3.57. The molecule has 5 heteroatoms. The number of rotatable bonds is 4. The molecule has 0 aromatic heterocycles. The number of amides is 2. The highest BCUT2D eigenvalue weighted by Crippen LogP contribution is 2.26. The standard InChI is InChI=1S/C16H28N2O3/c1-11(2)9-13-14(19)18(16(3,4)15(20)17-13)10-12-7-5-6-8-21-12/h11-13H,5-10H2,1-4H3,(H,17,20). The van der Waals surface area contributed by atoms with Crippen LogP contribution in [0.2, 0.25) is 0 Å². The van der Waals surface area contributed by atoms with Gasteiger partial charge in [-0.05, 0) is 45.4 Å². The number of piperazine rings is 1. The van der Waals surface area contributed by atoms with Crippen LogP contribution in [-0.4, -0.2) is 47.6 Å². The van der Waals surface area contributed by atoms with Gasteiger partial charge in [-0.3, -0.25) is 9.59 Å². The van der Waals surface area contributed by atoms with Crippen molar-refractivity contribution in [3.8, 4) is 0 Å². The molecule has 0 radical (unpaired) electrons. The number of carbonyl (C=O) groups excluding carboxylic acids is 2. The molecule has 120 valence electrons. The van der Waals surface area contributed by atoms with Gasteiger partial charge in [-0.15, -0.1) is 0 Å². The summed E-state index contributed by atoms with van der Waals surface area (Å²) in [4.78, 5) is 26.8. The Morgan fingerprint density at radius 1 is 1.33 bits per heavy atom. The summed E-state index contributed by atoms with van der Waals surface area (Å²) in [7, 11) is 0. The van der Waals surface area contributed by atoms with Crippen molar-refractivity contribution in [2.24, 2.45) is 5.92 Å². The van der Waals surface area contributed by atoms with Crippen molar-refractivity contribution in [2.75, 3.05) is 13.2 Å². The van der Waals surface area contributed by atoms with E-state index in [1.807, 2.05) is 13.8 Å². The zero-order valence-corrected chi connectivity index (χ0v) is 13.6. The molecular weight excluding hydrogens is 268 g/mol. The lowest BCUT2D eigenvalue weighted by molar-refractivity contribution is -0.159. The summed E-state index contributed by atoms with van der Waals surface area (Å²) in [5, 5.41) is 2.88. The van der Waals surface area contributed by atoms with E-state index >= 15 is 0 Å². The second kappa shape index (κ2) is 6.34. The average Bonchev–Trinajstić information content (AvgIpc) is 2.42. The van der Waals surface area contributed by atoms with Gasteiger partial charge in [0.25, 0.3) is 0 Å². The van der Waals surface area contributed by atoms with Crippen LogP contribution in [0.3, 0.4) is 0 Å². The Morgan fingerprint density at radius 3 is 2.62 bits per heavy atom. The Hall–Kier alpha value is -1.10. The molecule has 21 heavy (non-hydrogen) atoms. The van der Waals surface area contributed by atoms with Crippen LogP contribution in [0.4, 0.5) is 0 Å². The molecule has 2 aliphatic heterocycles. The summed E-state index contributed by atoms with van der Waals surface area (Å²) in [6, 6.07) is -0.394. The van der Waals surface area contributed by atoms with Gasteiger partial charge in [0.1, 0.15) is 11.6 Å². The molecule has 0 aromatic carbocycles. The topological polar surface area (TPSA) is 58.6 Å². The number of nitrogens with one attached hydrogen (secondary N) is 1. The van der Waals surface area contributed by atoms with Crippen LogP contribution in [0.5, 0.6) is 0 Å². The maximum atomic E-state index is 12.8. The van der Waals surface area contributed by atoms with Gasteiger partial charge in [0.2, 0.25) is 11.8 Å². The molecule has 1 N–H and O–H groups in total. The van der Waals surface area contributed by atoms with Crippen molar-refractivity contribution >= 4 is 11.8 Å². The van der Waals surface area contributed by atoms with E-state index in [1.165, 1.54) is 0 Å². The van der Waals surface area contributed by atoms with Gasteiger partial charge in [0, 0.05) is 13.2 Å². The first-order chi connectivity index (χ1) is 9.82. The Balaban J connectivity index is 2.12. The van der Waals surface area contributed by atoms with Crippen molar-refractivity contribution in [1.29, 1.82) is 0 Å². The molecular formula is C16H28N2O3. The Kier molecular flexibility index (Phi) is 4.91. The van der Waals surface area contributed by atoms with E-state index in [0.29, 0.717) is 18.9 Å². The van der Waals surface area contributed by atoms with Crippen LogP contribution < -0.4 is 5.32 Å². The summed E-state index contributed by atoms with van der Waals surface area (Å²) in [5.41, 5.74) is -0.800. The van der Waals surface area contributed by atoms with E-state index in [0.717, 1.165) is 25.9 Å². The average molecular weight is 296 g/mol. The molecule has 2 atom stereocenters. The molecule has 2 aliphatic rings. The first kappa shape index (κ1) is 16.3. The SMILES string of the molecule is CC(C)CC1NC(=O)C(C)(C)N(CC2CCCCO2)C1=O. The lowest BCUT2D eigenvalue weighted by Crippen LogP contribution is -2.69. The Labute approximate surface area is 127 Å². The molecule has 0 aromatic rings. The molecule has 0 bridgehead atoms. The van der Waals surface area contributed by atoms with Gasteiger partial charge >= 0.3 is 0 Å². The van der Waals surface area contributed by atoms with E-state index in [-0.39, 0.29) is 17.9 Å². The predicted molar refractivity (Wildman–Crippen MR) is 80.8 cm³/mol. The second-order valence-electron chi connectivity index (χ2n) is 7.15. The van der Waals surface area contributed by atoms with Gasteiger partial charge in [0.15, 0.2) is 0 Å². The number of nitrogens with zero attached hydrogens (tertiary/aromatic N) is 1. The molecule has 5 nitrogen and oxygen atoms in total. The molecule has 2 heterocycles. The van der Waals surface area contributed by atoms with Gasteiger partial charge in [-0.2, -0.15) is 0 Å². The highest BCUT2D eigenvalue weighted by Gasteiger charge is 2.46. The smallest absolute Gasteiger partial charge is 0.246 e. The van der Waals surface area contributed by atoms with Crippen molar-refractivity contribution in [2.45, 2.75) is 71.1 Å². The minimum absolute atomic E-state index is 0.0301. The minimum Gasteiger partial charge on any atom is -0.376 e. The zero-order valence-electron chi connectivity index (χ0n) is 13.6. The highest BCUT2D eigenvalue weighted by molar-refractivity contribution is 5.99. The zero-order chi connectivity index (χ0) is 15.6. The summed E-state index contributed by atoms with van der Waals surface area (Å²) >= 11 is 0. The number of hydrogen-bond donors (Lipinski definition) is 1. The summed E-state index contributed by atoms with van der Waals surface area (Å²) in [6.07, 6.45) is 3.94. The number of ether oxygens (including phenoxy) is 1. The van der Waals surface area contributed by atoms with E-state index in [4.69, 9.17) is 4.74 Å². The van der Waals surface area contributed by atoms with Crippen molar-refractivity contribution < 1.29 is 14.3 Å². The van der Waals surface area contributed by atoms with Crippen LogP contribution >= 0.6 is 0 Å². The Bertz CT molecular complexity index is 400. The largest absolute Gasteiger partial charge is 0.376 e. The van der Waals surface area contributed by atoms with E-state index in [2.05, 4.69) is 19.2 Å². The quantitative estimate of drug-likeness (QED) is 0.859.